The summed E-state index contributed by atoms with van der Waals surface area (Å²) < 4.78 is 1.83. The fourth-order valence-electron chi connectivity index (χ4n) is 4.08. The number of benzene rings is 1. The summed E-state index contributed by atoms with van der Waals surface area (Å²) in [6.07, 6.45) is 21.4. The lowest BCUT2D eigenvalue weighted by molar-refractivity contribution is -0.683. The molecule has 0 unspecified atom stereocenters. The van der Waals surface area contributed by atoms with Gasteiger partial charge < -0.3 is 0 Å². The average Bonchev–Trinajstić information content (AvgIpc) is 2.83. The number of nitrogens with zero attached hydrogens (tertiary/aromatic N) is 1. The number of unbranched alkanes of at least 4 members (excludes halogenated alkanes) is 12. The molecule has 3 heteroatoms. The van der Waals surface area contributed by atoms with Crippen molar-refractivity contribution in [1.29, 1.82) is 0 Å². The highest BCUT2D eigenvalue weighted by atomic mass is 16.1. The Balaban J connectivity index is 1.52. The Morgan fingerprint density at radius 3 is 1.59 bits per heavy atom. The number of carbonyl (C=O) groups is 2. The Hall–Kier alpha value is -2.29. The molecule has 2 rings (SSSR count). The molecule has 0 fully saturated rings. The van der Waals surface area contributed by atoms with E-state index in [-0.39, 0.29) is 18.1 Å². The summed E-state index contributed by atoms with van der Waals surface area (Å²) in [6, 6.07) is 13.0. The largest absolute Gasteiger partial charge is 0.294 e. The number of hydrogen-bond donors (Lipinski definition) is 0. The number of pyridine rings is 1. The number of carbonyl (C=O) groups excluding carboxylic acids is 2. The van der Waals surface area contributed by atoms with E-state index in [2.05, 4.69) is 6.92 Å². The zero-order valence-corrected chi connectivity index (χ0v) is 20.1. The van der Waals surface area contributed by atoms with Gasteiger partial charge in [-0.1, -0.05) is 114 Å². The van der Waals surface area contributed by atoms with Crippen LogP contribution >= 0.6 is 0 Å². The summed E-state index contributed by atoms with van der Waals surface area (Å²) in [5.74, 6) is 0.274. The van der Waals surface area contributed by atoms with Gasteiger partial charge in [-0.3, -0.25) is 9.59 Å². The summed E-state index contributed by atoms with van der Waals surface area (Å²) in [5, 5.41) is 0. The van der Waals surface area contributed by atoms with E-state index in [4.69, 9.17) is 0 Å². The molecule has 0 radical (unpaired) electrons. The normalized spacial score (nSPS) is 10.9. The van der Waals surface area contributed by atoms with E-state index in [9.17, 15) is 9.59 Å². The average molecular weight is 437 g/mol. The van der Waals surface area contributed by atoms with Gasteiger partial charge in [-0.15, -0.1) is 0 Å². The lowest BCUT2D eigenvalue weighted by atomic mass is 10.0. The van der Waals surface area contributed by atoms with Gasteiger partial charge in [-0.25, -0.2) is 0 Å². The van der Waals surface area contributed by atoms with Crippen molar-refractivity contribution in [3.05, 3.63) is 66.0 Å². The van der Waals surface area contributed by atoms with E-state index in [1.807, 2.05) is 59.4 Å². The minimum atomic E-state index is 0.0710. The topological polar surface area (TPSA) is 38.0 Å². The first kappa shape index (κ1) is 26.0. The number of hydrogen-bond acceptors (Lipinski definition) is 2. The Morgan fingerprint density at radius 2 is 1.06 bits per heavy atom. The molecule has 0 aliphatic carbocycles. The van der Waals surface area contributed by atoms with Crippen LogP contribution in [-0.2, 0) is 6.54 Å². The lowest BCUT2D eigenvalue weighted by Gasteiger charge is -2.03. The molecule has 2 aromatic rings. The monoisotopic (exact) mass is 436 g/mol. The van der Waals surface area contributed by atoms with Crippen molar-refractivity contribution in [2.24, 2.45) is 0 Å². The molecule has 1 aromatic heterocycles. The highest BCUT2D eigenvalue weighted by Crippen LogP contribution is 2.14. The van der Waals surface area contributed by atoms with E-state index in [0.717, 1.165) is 18.4 Å². The van der Waals surface area contributed by atoms with Crippen LogP contribution < -0.4 is 4.57 Å². The highest BCUT2D eigenvalue weighted by molar-refractivity contribution is 5.96. The number of rotatable bonds is 18. The van der Waals surface area contributed by atoms with Gasteiger partial charge in [-0.2, -0.15) is 4.57 Å². The standard InChI is InChI=1S/C29H42NO2/c1-2-3-4-5-6-7-8-9-10-11-12-13-17-20-28(31)27-21-23-30(24-22-27)25-29(32)26-18-15-14-16-19-26/h14-16,18-19,21-24H,2-13,17,20,25H2,1H3/q+1. The lowest BCUT2D eigenvalue weighted by Crippen LogP contribution is -2.37. The first-order chi connectivity index (χ1) is 15.7. The minimum absolute atomic E-state index is 0.0710. The van der Waals surface area contributed by atoms with Gasteiger partial charge in [0.15, 0.2) is 18.2 Å². The fraction of sp³-hybridized carbons (Fsp3) is 0.552. The van der Waals surface area contributed by atoms with Gasteiger partial charge in [0.05, 0.1) is 0 Å². The summed E-state index contributed by atoms with van der Waals surface area (Å²) in [4.78, 5) is 24.7. The fourth-order valence-corrected chi connectivity index (χ4v) is 4.08. The second-order valence-electron chi connectivity index (χ2n) is 8.96. The molecule has 32 heavy (non-hydrogen) atoms. The number of Topliss-reactive ketones (excluding diaryl/α,β-unsaturated/α-hetero) is 2. The van der Waals surface area contributed by atoms with Crippen LogP contribution in [0.5, 0.6) is 0 Å². The first-order valence-electron chi connectivity index (χ1n) is 12.8. The second kappa shape index (κ2) is 16.4. The van der Waals surface area contributed by atoms with Crippen molar-refractivity contribution >= 4 is 11.6 Å². The number of ketones is 2. The van der Waals surface area contributed by atoms with Crippen molar-refractivity contribution in [2.75, 3.05) is 0 Å². The van der Waals surface area contributed by atoms with E-state index in [1.54, 1.807) is 0 Å². The minimum Gasteiger partial charge on any atom is -0.294 e. The predicted octanol–water partition coefficient (Wildman–Crippen LogP) is 7.52. The first-order valence-corrected chi connectivity index (χ1v) is 12.8. The molecule has 0 saturated carbocycles. The smallest absolute Gasteiger partial charge is 0.227 e. The Kier molecular flexibility index (Phi) is 13.3. The molecule has 3 nitrogen and oxygen atoms in total. The third kappa shape index (κ3) is 10.8. The third-order valence-corrected chi connectivity index (χ3v) is 6.14. The van der Waals surface area contributed by atoms with Gasteiger partial charge in [0.1, 0.15) is 0 Å². The molecule has 174 valence electrons. The van der Waals surface area contributed by atoms with Crippen LogP contribution in [0, 0.1) is 0 Å². The maximum atomic E-state index is 12.4. The SMILES string of the molecule is CCCCCCCCCCCCCCCC(=O)c1cc[n+](CC(=O)c2ccccc2)cc1. The van der Waals surface area contributed by atoms with Crippen LogP contribution in [0.3, 0.4) is 0 Å². The van der Waals surface area contributed by atoms with Gasteiger partial charge in [0.25, 0.3) is 0 Å². The van der Waals surface area contributed by atoms with Crippen molar-refractivity contribution in [2.45, 2.75) is 103 Å². The quantitative estimate of drug-likeness (QED) is 0.138. The molecule has 1 aromatic carbocycles. The van der Waals surface area contributed by atoms with Crippen LogP contribution in [-0.4, -0.2) is 11.6 Å². The van der Waals surface area contributed by atoms with Crippen LogP contribution in [0.2, 0.25) is 0 Å². The van der Waals surface area contributed by atoms with Crippen molar-refractivity contribution < 1.29 is 14.2 Å². The van der Waals surface area contributed by atoms with E-state index >= 15 is 0 Å². The zero-order valence-electron chi connectivity index (χ0n) is 20.1. The molecule has 0 atom stereocenters. The van der Waals surface area contributed by atoms with Crippen molar-refractivity contribution in [3.8, 4) is 0 Å². The molecule has 0 spiro atoms. The Bertz CT molecular complexity index is 768. The molecule has 0 bridgehead atoms. The van der Waals surface area contributed by atoms with Gasteiger partial charge in [-0.05, 0) is 6.42 Å². The summed E-state index contributed by atoms with van der Waals surface area (Å²) in [7, 11) is 0. The van der Waals surface area contributed by atoms with Crippen LogP contribution in [0.25, 0.3) is 0 Å². The van der Waals surface area contributed by atoms with Gasteiger partial charge >= 0.3 is 0 Å². The van der Waals surface area contributed by atoms with Gasteiger partial charge in [0, 0.05) is 29.7 Å². The molecule has 0 aliphatic heterocycles. The third-order valence-electron chi connectivity index (χ3n) is 6.14. The highest BCUT2D eigenvalue weighted by Gasteiger charge is 2.13. The summed E-state index contributed by atoms with van der Waals surface area (Å²) in [5.41, 5.74) is 1.45. The Morgan fingerprint density at radius 1 is 0.594 bits per heavy atom. The van der Waals surface area contributed by atoms with Crippen LogP contribution in [0.15, 0.2) is 54.9 Å². The molecular weight excluding hydrogens is 394 g/mol. The molecule has 0 aliphatic rings. The summed E-state index contributed by atoms with van der Waals surface area (Å²) in [6.45, 7) is 2.56. The molecular formula is C29H42NO2+. The molecule has 0 N–H and O–H groups in total. The van der Waals surface area contributed by atoms with Crippen molar-refractivity contribution in [1.82, 2.24) is 0 Å². The van der Waals surface area contributed by atoms with Crippen LogP contribution in [0.1, 0.15) is 118 Å². The predicted molar refractivity (Wildman–Crippen MR) is 132 cm³/mol. The second-order valence-corrected chi connectivity index (χ2v) is 8.96. The van der Waals surface area contributed by atoms with Crippen molar-refractivity contribution in [3.63, 3.8) is 0 Å². The molecule has 0 saturated heterocycles. The molecule has 0 amide bonds. The zero-order chi connectivity index (χ0) is 22.9. The van der Waals surface area contributed by atoms with E-state index in [0.29, 0.717) is 12.0 Å². The summed E-state index contributed by atoms with van der Waals surface area (Å²) >= 11 is 0. The van der Waals surface area contributed by atoms with E-state index < -0.39 is 0 Å². The molecule has 1 heterocycles. The maximum absolute atomic E-state index is 12.4. The van der Waals surface area contributed by atoms with E-state index in [1.165, 1.54) is 70.6 Å². The van der Waals surface area contributed by atoms with Crippen LogP contribution in [0.4, 0.5) is 0 Å². The maximum Gasteiger partial charge on any atom is 0.227 e. The van der Waals surface area contributed by atoms with Gasteiger partial charge in [0.2, 0.25) is 12.3 Å². The number of aromatic nitrogens is 1. The Labute approximate surface area is 195 Å².